The zero-order valence-corrected chi connectivity index (χ0v) is 10.8. The maximum absolute atomic E-state index is 11.4. The lowest BCUT2D eigenvalue weighted by Gasteiger charge is -2.24. The van der Waals surface area contributed by atoms with Gasteiger partial charge < -0.3 is 0 Å². The minimum Gasteiger partial charge on any atom is -0.297 e. The number of carbonyl (C=O) groups is 1. The van der Waals surface area contributed by atoms with E-state index in [2.05, 4.69) is 6.92 Å². The van der Waals surface area contributed by atoms with Crippen molar-refractivity contribution in [3.05, 3.63) is 0 Å². The Labute approximate surface area is 93.1 Å². The van der Waals surface area contributed by atoms with E-state index >= 15 is 0 Å². The van der Waals surface area contributed by atoms with Gasteiger partial charge in [0, 0.05) is 0 Å². The van der Waals surface area contributed by atoms with Gasteiger partial charge in [0.05, 0.1) is 5.41 Å². The molecule has 0 aromatic rings. The summed E-state index contributed by atoms with van der Waals surface area (Å²) in [7, 11) is 0. The summed E-state index contributed by atoms with van der Waals surface area (Å²) in [6, 6.07) is 0. The van der Waals surface area contributed by atoms with Crippen molar-refractivity contribution in [1.82, 2.24) is 0 Å². The molecule has 15 heavy (non-hydrogen) atoms. The van der Waals surface area contributed by atoms with Gasteiger partial charge in [0.2, 0.25) is 0 Å². The van der Waals surface area contributed by atoms with E-state index in [9.17, 15) is 4.79 Å². The first-order valence-electron chi connectivity index (χ1n) is 5.59. The molecule has 0 amide bonds. The summed E-state index contributed by atoms with van der Waals surface area (Å²) in [5.74, 6) is -0.327. The van der Waals surface area contributed by atoms with Gasteiger partial charge in [-0.05, 0) is 41.0 Å². The van der Waals surface area contributed by atoms with Crippen molar-refractivity contribution in [3.8, 4) is 0 Å². The highest BCUT2D eigenvalue weighted by molar-refractivity contribution is 5.74. The molecule has 0 atom stereocenters. The van der Waals surface area contributed by atoms with Crippen LogP contribution in [0.25, 0.3) is 0 Å². The van der Waals surface area contributed by atoms with E-state index in [1.807, 2.05) is 13.8 Å². The van der Waals surface area contributed by atoms with Gasteiger partial charge in [0.1, 0.15) is 5.60 Å². The maximum atomic E-state index is 11.4. The summed E-state index contributed by atoms with van der Waals surface area (Å²) in [5, 5.41) is 0. The molecule has 0 rings (SSSR count). The minimum absolute atomic E-state index is 0.327. The fraction of sp³-hybridized carbons (Fsp3) is 0.917. The Bertz CT molecular complexity index is 201. The summed E-state index contributed by atoms with van der Waals surface area (Å²) in [6.45, 7) is 11.4. The van der Waals surface area contributed by atoms with E-state index in [4.69, 9.17) is 9.78 Å². The zero-order valence-electron chi connectivity index (χ0n) is 10.8. The fourth-order valence-electron chi connectivity index (χ4n) is 0.920. The molecule has 0 fully saturated rings. The Morgan fingerprint density at radius 1 is 1.13 bits per heavy atom. The molecule has 0 aliphatic rings. The van der Waals surface area contributed by atoms with Crippen LogP contribution in [0.2, 0.25) is 0 Å². The fourth-order valence-corrected chi connectivity index (χ4v) is 0.920. The third-order valence-electron chi connectivity index (χ3n) is 2.09. The summed E-state index contributed by atoms with van der Waals surface area (Å²) in [4.78, 5) is 21.4. The largest absolute Gasteiger partial charge is 0.347 e. The Kier molecular flexibility index (Phi) is 5.29. The quantitative estimate of drug-likeness (QED) is 0.521. The molecular formula is C12H24O3. The highest BCUT2D eigenvalue weighted by Crippen LogP contribution is 2.21. The average Bonchev–Trinajstić information content (AvgIpc) is 2.09. The van der Waals surface area contributed by atoms with Crippen molar-refractivity contribution < 1.29 is 14.6 Å². The Morgan fingerprint density at radius 2 is 1.67 bits per heavy atom. The molecule has 3 nitrogen and oxygen atoms in total. The average molecular weight is 216 g/mol. The van der Waals surface area contributed by atoms with Gasteiger partial charge in [-0.25, -0.2) is 4.79 Å². The second-order valence-corrected chi connectivity index (χ2v) is 5.57. The van der Waals surface area contributed by atoms with Crippen LogP contribution in [0, 0.1) is 5.41 Å². The highest BCUT2D eigenvalue weighted by atomic mass is 17.2. The number of hydrogen-bond acceptors (Lipinski definition) is 3. The van der Waals surface area contributed by atoms with Gasteiger partial charge >= 0.3 is 5.97 Å². The van der Waals surface area contributed by atoms with Gasteiger partial charge in [-0.15, -0.1) is 0 Å². The number of hydrogen-bond donors (Lipinski definition) is 0. The molecule has 0 aromatic carbocycles. The lowest BCUT2D eigenvalue weighted by molar-refractivity contribution is -0.331. The van der Waals surface area contributed by atoms with Crippen molar-refractivity contribution in [2.75, 3.05) is 0 Å². The number of unbranched alkanes of at least 4 members (excludes halogenated alkanes) is 1. The van der Waals surface area contributed by atoms with Crippen LogP contribution in [0.3, 0.4) is 0 Å². The van der Waals surface area contributed by atoms with Gasteiger partial charge in [0.15, 0.2) is 0 Å². The van der Waals surface area contributed by atoms with Crippen LogP contribution in [0.5, 0.6) is 0 Å². The van der Waals surface area contributed by atoms with Gasteiger partial charge in [-0.2, -0.15) is 4.89 Å². The lowest BCUT2D eigenvalue weighted by atomic mass is 9.98. The van der Waals surface area contributed by atoms with Crippen molar-refractivity contribution in [1.29, 1.82) is 0 Å². The molecule has 0 heterocycles. The number of rotatable bonds is 5. The zero-order chi connectivity index (χ0) is 12.1. The van der Waals surface area contributed by atoms with E-state index in [1.54, 1.807) is 20.8 Å². The van der Waals surface area contributed by atoms with E-state index in [0.717, 1.165) is 19.3 Å². The summed E-state index contributed by atoms with van der Waals surface area (Å²) in [6.07, 6.45) is 3.07. The van der Waals surface area contributed by atoms with Crippen molar-refractivity contribution in [3.63, 3.8) is 0 Å². The Balaban J connectivity index is 3.98. The van der Waals surface area contributed by atoms with Crippen LogP contribution in [-0.4, -0.2) is 11.6 Å². The third kappa shape index (κ3) is 6.50. The lowest BCUT2D eigenvalue weighted by Crippen LogP contribution is -2.30. The molecule has 0 N–H and O–H groups in total. The predicted octanol–water partition coefficient (Wildman–Crippen LogP) is 3.48. The first kappa shape index (κ1) is 14.4. The molecule has 0 saturated heterocycles. The molecule has 0 unspecified atom stereocenters. The second-order valence-electron chi connectivity index (χ2n) is 5.57. The SMILES string of the molecule is CCCCC(C)(C)OOC(=O)C(C)(C)C. The summed E-state index contributed by atoms with van der Waals surface area (Å²) >= 11 is 0. The first-order chi connectivity index (χ1) is 6.69. The third-order valence-corrected chi connectivity index (χ3v) is 2.09. The van der Waals surface area contributed by atoms with Crippen LogP contribution >= 0.6 is 0 Å². The van der Waals surface area contributed by atoms with Gasteiger partial charge in [-0.3, -0.25) is 4.89 Å². The molecule has 0 radical (unpaired) electrons. The monoisotopic (exact) mass is 216 g/mol. The van der Waals surface area contributed by atoms with Crippen LogP contribution in [0.4, 0.5) is 0 Å². The van der Waals surface area contributed by atoms with E-state index < -0.39 is 11.0 Å². The van der Waals surface area contributed by atoms with Crippen LogP contribution in [0.1, 0.15) is 60.8 Å². The van der Waals surface area contributed by atoms with Gasteiger partial charge in [-0.1, -0.05) is 19.8 Å². The van der Waals surface area contributed by atoms with E-state index in [0.29, 0.717) is 0 Å². The van der Waals surface area contributed by atoms with E-state index in [-0.39, 0.29) is 5.97 Å². The second kappa shape index (κ2) is 5.50. The summed E-state index contributed by atoms with van der Waals surface area (Å²) < 4.78 is 0. The van der Waals surface area contributed by atoms with Crippen LogP contribution < -0.4 is 0 Å². The maximum Gasteiger partial charge on any atom is 0.347 e. The molecule has 3 heteroatoms. The first-order valence-corrected chi connectivity index (χ1v) is 5.59. The Hall–Kier alpha value is -0.570. The highest BCUT2D eigenvalue weighted by Gasteiger charge is 2.28. The standard InChI is InChI=1S/C12H24O3/c1-7-8-9-12(5,6)15-14-10(13)11(2,3)4/h7-9H2,1-6H3. The Morgan fingerprint density at radius 3 is 2.07 bits per heavy atom. The van der Waals surface area contributed by atoms with Crippen LogP contribution in [0.15, 0.2) is 0 Å². The normalized spacial score (nSPS) is 12.7. The topological polar surface area (TPSA) is 35.5 Å². The van der Waals surface area contributed by atoms with Crippen molar-refractivity contribution >= 4 is 5.97 Å². The molecule has 90 valence electrons. The molecule has 0 aliphatic heterocycles. The molecule has 0 aromatic heterocycles. The van der Waals surface area contributed by atoms with Crippen molar-refractivity contribution in [2.24, 2.45) is 5.41 Å². The van der Waals surface area contributed by atoms with E-state index in [1.165, 1.54) is 0 Å². The molecular weight excluding hydrogens is 192 g/mol. The van der Waals surface area contributed by atoms with Gasteiger partial charge in [0.25, 0.3) is 0 Å². The molecule has 0 aliphatic carbocycles. The molecule has 0 saturated carbocycles. The smallest absolute Gasteiger partial charge is 0.297 e. The molecule has 0 bridgehead atoms. The van der Waals surface area contributed by atoms with Crippen molar-refractivity contribution in [2.45, 2.75) is 66.4 Å². The summed E-state index contributed by atoms with van der Waals surface area (Å²) in [5.41, 5.74) is -0.905. The van der Waals surface area contributed by atoms with Crippen LogP contribution in [-0.2, 0) is 14.6 Å². The minimum atomic E-state index is -0.513. The predicted molar refractivity (Wildman–Crippen MR) is 60.2 cm³/mol. The molecule has 0 spiro atoms. The number of carbonyl (C=O) groups excluding carboxylic acids is 1.